The van der Waals surface area contributed by atoms with Crippen molar-refractivity contribution in [3.05, 3.63) is 29.3 Å². The molecule has 1 aliphatic rings. The summed E-state index contributed by atoms with van der Waals surface area (Å²) in [6, 6.07) is 6.82. The molecule has 5 nitrogen and oxygen atoms in total. The predicted molar refractivity (Wildman–Crippen MR) is 94.0 cm³/mol. The Bertz CT molecular complexity index is 552. The summed E-state index contributed by atoms with van der Waals surface area (Å²) in [7, 11) is 2.13. The van der Waals surface area contributed by atoms with Gasteiger partial charge >= 0.3 is 6.09 Å². The van der Waals surface area contributed by atoms with Crippen LogP contribution < -0.4 is 15.5 Å². The van der Waals surface area contributed by atoms with Crippen molar-refractivity contribution in [1.82, 2.24) is 10.6 Å². The number of ether oxygens (including phenoxy) is 1. The zero-order valence-electron chi connectivity index (χ0n) is 14.9. The van der Waals surface area contributed by atoms with Gasteiger partial charge in [0.2, 0.25) is 0 Å². The van der Waals surface area contributed by atoms with Gasteiger partial charge in [-0.1, -0.05) is 12.1 Å². The van der Waals surface area contributed by atoms with E-state index < -0.39 is 5.60 Å². The van der Waals surface area contributed by atoms with Crippen LogP contribution in [0, 0.1) is 0 Å². The Hall–Kier alpha value is -1.75. The highest BCUT2D eigenvalue weighted by atomic mass is 16.6. The third-order valence-corrected chi connectivity index (χ3v) is 3.88. The predicted octanol–water partition coefficient (Wildman–Crippen LogP) is 2.68. The number of hydrogen-bond acceptors (Lipinski definition) is 4. The minimum Gasteiger partial charge on any atom is -0.444 e. The van der Waals surface area contributed by atoms with Crippen molar-refractivity contribution in [3.63, 3.8) is 0 Å². The standard InChI is InChI=1S/C18H29N3O2/c1-13(11-20-17(22)23-18(2,3)4)19-12-14-6-7-16-15(10-14)8-9-21(16)5/h6-7,10,13,19H,8-9,11-12H2,1-5H3,(H,20,22). The van der Waals surface area contributed by atoms with Gasteiger partial charge in [-0.25, -0.2) is 4.79 Å². The Balaban J connectivity index is 1.74. The average Bonchev–Trinajstić information content (AvgIpc) is 2.82. The molecule has 0 aliphatic carbocycles. The fourth-order valence-electron chi connectivity index (χ4n) is 2.64. The number of alkyl carbamates (subject to hydrolysis) is 1. The lowest BCUT2D eigenvalue weighted by Gasteiger charge is -2.21. The van der Waals surface area contributed by atoms with E-state index in [2.05, 4.69) is 47.7 Å². The average molecular weight is 319 g/mol. The fourth-order valence-corrected chi connectivity index (χ4v) is 2.64. The van der Waals surface area contributed by atoms with E-state index in [1.165, 1.54) is 16.8 Å². The van der Waals surface area contributed by atoms with Crippen molar-refractivity contribution in [1.29, 1.82) is 0 Å². The number of amides is 1. The molecule has 0 radical (unpaired) electrons. The van der Waals surface area contributed by atoms with Gasteiger partial charge in [-0.15, -0.1) is 0 Å². The summed E-state index contributed by atoms with van der Waals surface area (Å²) >= 11 is 0. The first-order chi connectivity index (χ1) is 10.7. The van der Waals surface area contributed by atoms with E-state index in [-0.39, 0.29) is 12.1 Å². The van der Waals surface area contributed by atoms with Crippen molar-refractivity contribution in [2.45, 2.75) is 52.3 Å². The lowest BCUT2D eigenvalue weighted by molar-refractivity contribution is 0.0523. The van der Waals surface area contributed by atoms with Crippen LogP contribution in [-0.4, -0.2) is 37.9 Å². The molecule has 1 unspecified atom stereocenters. The molecule has 0 bridgehead atoms. The molecule has 0 spiro atoms. The highest BCUT2D eigenvalue weighted by molar-refractivity contribution is 5.67. The third-order valence-electron chi connectivity index (χ3n) is 3.88. The van der Waals surface area contributed by atoms with E-state index in [9.17, 15) is 4.79 Å². The number of carbonyl (C=O) groups is 1. The van der Waals surface area contributed by atoms with Crippen LogP contribution in [0.3, 0.4) is 0 Å². The van der Waals surface area contributed by atoms with Gasteiger partial charge in [0.25, 0.3) is 0 Å². The molecule has 1 atom stereocenters. The van der Waals surface area contributed by atoms with Crippen LogP contribution >= 0.6 is 0 Å². The summed E-state index contributed by atoms with van der Waals surface area (Å²) in [6.45, 7) is 10.1. The molecule has 1 aliphatic heterocycles. The quantitative estimate of drug-likeness (QED) is 0.876. The summed E-state index contributed by atoms with van der Waals surface area (Å²) in [4.78, 5) is 13.9. The van der Waals surface area contributed by atoms with Crippen LogP contribution in [0.5, 0.6) is 0 Å². The smallest absolute Gasteiger partial charge is 0.407 e. The number of hydrogen-bond donors (Lipinski definition) is 2. The molecule has 1 aromatic rings. The molecule has 128 valence electrons. The van der Waals surface area contributed by atoms with Crippen LogP contribution in [0.15, 0.2) is 18.2 Å². The van der Waals surface area contributed by atoms with Crippen molar-refractivity contribution in [2.24, 2.45) is 0 Å². The van der Waals surface area contributed by atoms with E-state index in [0.717, 1.165) is 19.5 Å². The van der Waals surface area contributed by atoms with Crippen LogP contribution in [-0.2, 0) is 17.7 Å². The molecule has 1 aromatic carbocycles. The van der Waals surface area contributed by atoms with Gasteiger partial charge in [-0.3, -0.25) is 0 Å². The van der Waals surface area contributed by atoms with E-state index >= 15 is 0 Å². The minimum atomic E-state index is -0.460. The maximum atomic E-state index is 11.6. The van der Waals surface area contributed by atoms with Gasteiger partial charge in [0.1, 0.15) is 5.60 Å². The summed E-state index contributed by atoms with van der Waals surface area (Å²) < 4.78 is 5.23. The minimum absolute atomic E-state index is 0.179. The Morgan fingerprint density at radius 3 is 2.83 bits per heavy atom. The van der Waals surface area contributed by atoms with Gasteiger partial charge in [0.05, 0.1) is 0 Å². The van der Waals surface area contributed by atoms with Gasteiger partial charge in [-0.2, -0.15) is 0 Å². The summed E-state index contributed by atoms with van der Waals surface area (Å²) in [6.07, 6.45) is 0.752. The van der Waals surface area contributed by atoms with Crippen LogP contribution in [0.25, 0.3) is 0 Å². The number of carbonyl (C=O) groups excluding carboxylic acids is 1. The molecule has 1 heterocycles. The van der Waals surface area contributed by atoms with Crippen molar-refractivity contribution >= 4 is 11.8 Å². The number of rotatable bonds is 5. The lowest BCUT2D eigenvalue weighted by atomic mass is 10.1. The van der Waals surface area contributed by atoms with Gasteiger partial charge < -0.3 is 20.3 Å². The molecule has 1 amide bonds. The second-order valence-corrected chi connectivity index (χ2v) is 7.30. The molecule has 2 N–H and O–H groups in total. The first-order valence-corrected chi connectivity index (χ1v) is 8.28. The molecule has 0 aromatic heterocycles. The topological polar surface area (TPSA) is 53.6 Å². The molecule has 23 heavy (non-hydrogen) atoms. The van der Waals surface area contributed by atoms with Crippen LogP contribution in [0.1, 0.15) is 38.8 Å². The molecular weight excluding hydrogens is 290 g/mol. The summed E-state index contributed by atoms with van der Waals surface area (Å²) in [5, 5.41) is 6.23. The highest BCUT2D eigenvalue weighted by Crippen LogP contribution is 2.27. The van der Waals surface area contributed by atoms with Crippen LogP contribution in [0.4, 0.5) is 10.5 Å². The second kappa shape index (κ2) is 7.21. The van der Waals surface area contributed by atoms with Crippen molar-refractivity contribution in [3.8, 4) is 0 Å². The molecule has 0 saturated heterocycles. The van der Waals surface area contributed by atoms with E-state index in [1.54, 1.807) is 0 Å². The van der Waals surface area contributed by atoms with E-state index in [0.29, 0.717) is 6.54 Å². The van der Waals surface area contributed by atoms with Gasteiger partial charge in [-0.05, 0) is 51.3 Å². The number of nitrogens with one attached hydrogen (secondary N) is 2. The van der Waals surface area contributed by atoms with E-state index in [4.69, 9.17) is 4.74 Å². The Labute approximate surface area is 139 Å². The van der Waals surface area contributed by atoms with Crippen molar-refractivity contribution < 1.29 is 9.53 Å². The zero-order chi connectivity index (χ0) is 17.0. The Morgan fingerprint density at radius 1 is 1.39 bits per heavy atom. The van der Waals surface area contributed by atoms with Crippen molar-refractivity contribution in [2.75, 3.05) is 25.0 Å². The monoisotopic (exact) mass is 319 g/mol. The first-order valence-electron chi connectivity index (χ1n) is 8.28. The summed E-state index contributed by atoms with van der Waals surface area (Å²) in [5.41, 5.74) is 3.58. The molecule has 5 heteroatoms. The first kappa shape index (κ1) is 17.6. The maximum absolute atomic E-state index is 11.6. The SMILES string of the molecule is CC(CNC(=O)OC(C)(C)C)NCc1ccc2c(c1)CCN2C. The Kier molecular flexibility index (Phi) is 5.52. The van der Waals surface area contributed by atoms with E-state index in [1.807, 2.05) is 20.8 Å². The summed E-state index contributed by atoms with van der Waals surface area (Å²) in [5.74, 6) is 0. The largest absolute Gasteiger partial charge is 0.444 e. The maximum Gasteiger partial charge on any atom is 0.407 e. The van der Waals surface area contributed by atoms with Crippen LogP contribution in [0.2, 0.25) is 0 Å². The van der Waals surface area contributed by atoms with Gasteiger partial charge in [0, 0.05) is 38.4 Å². The molecule has 0 fully saturated rings. The highest BCUT2D eigenvalue weighted by Gasteiger charge is 2.17. The zero-order valence-corrected chi connectivity index (χ0v) is 14.9. The third kappa shape index (κ3) is 5.43. The molecule has 2 rings (SSSR count). The lowest BCUT2D eigenvalue weighted by Crippen LogP contribution is -2.41. The normalized spacial score (nSPS) is 15.3. The number of anilines is 1. The number of likely N-dealkylation sites (N-methyl/N-ethyl adjacent to an activating group) is 1. The number of benzene rings is 1. The Morgan fingerprint density at radius 2 is 2.13 bits per heavy atom. The fraction of sp³-hybridized carbons (Fsp3) is 0.611. The number of fused-ring (bicyclic) bond motifs is 1. The number of nitrogens with zero attached hydrogens (tertiary/aromatic N) is 1. The molecular formula is C18H29N3O2. The van der Waals surface area contributed by atoms with Gasteiger partial charge in [0.15, 0.2) is 0 Å². The molecule has 0 saturated carbocycles. The second-order valence-electron chi connectivity index (χ2n) is 7.30.